The van der Waals surface area contributed by atoms with Crippen molar-refractivity contribution in [3.05, 3.63) is 34.9 Å². The predicted molar refractivity (Wildman–Crippen MR) is 66.1 cm³/mol. The van der Waals surface area contributed by atoms with Gasteiger partial charge in [-0.15, -0.1) is 0 Å². The van der Waals surface area contributed by atoms with E-state index in [1.54, 1.807) is 0 Å². The lowest BCUT2D eigenvalue weighted by molar-refractivity contribution is 0.230. The van der Waals surface area contributed by atoms with Crippen LogP contribution in [0.25, 0.3) is 0 Å². The standard InChI is InChI=1S/C12H19ClN2/c1-4-15(3)12(9(2)14)10-7-5-6-8-11(10)13/h5-9,12H,4,14H2,1-3H3. The van der Waals surface area contributed by atoms with Crippen LogP contribution in [0.5, 0.6) is 0 Å². The fourth-order valence-electron chi connectivity index (χ4n) is 1.83. The molecule has 3 heteroatoms. The molecule has 0 amide bonds. The van der Waals surface area contributed by atoms with Gasteiger partial charge in [-0.05, 0) is 32.1 Å². The van der Waals surface area contributed by atoms with Gasteiger partial charge < -0.3 is 5.73 Å². The number of nitrogens with zero attached hydrogens (tertiary/aromatic N) is 1. The van der Waals surface area contributed by atoms with Crippen molar-refractivity contribution in [2.75, 3.05) is 13.6 Å². The molecular formula is C12H19ClN2. The van der Waals surface area contributed by atoms with E-state index in [4.69, 9.17) is 17.3 Å². The molecule has 1 aromatic carbocycles. The van der Waals surface area contributed by atoms with E-state index in [1.165, 1.54) is 0 Å². The summed E-state index contributed by atoms with van der Waals surface area (Å²) >= 11 is 6.18. The normalized spacial score (nSPS) is 15.3. The van der Waals surface area contributed by atoms with Crippen LogP contribution < -0.4 is 5.73 Å². The monoisotopic (exact) mass is 226 g/mol. The summed E-state index contributed by atoms with van der Waals surface area (Å²) in [5.74, 6) is 0. The molecule has 0 bridgehead atoms. The average Bonchev–Trinajstić information content (AvgIpc) is 2.20. The molecule has 0 spiro atoms. The lowest BCUT2D eigenvalue weighted by Crippen LogP contribution is -2.37. The molecule has 1 aromatic rings. The Hall–Kier alpha value is -0.570. The molecule has 0 radical (unpaired) electrons. The average molecular weight is 227 g/mol. The van der Waals surface area contributed by atoms with E-state index in [0.717, 1.165) is 17.1 Å². The molecule has 0 saturated carbocycles. The first-order valence-electron chi connectivity index (χ1n) is 5.28. The van der Waals surface area contributed by atoms with Crippen molar-refractivity contribution in [1.29, 1.82) is 0 Å². The van der Waals surface area contributed by atoms with Crippen molar-refractivity contribution < 1.29 is 0 Å². The van der Waals surface area contributed by atoms with E-state index < -0.39 is 0 Å². The molecular weight excluding hydrogens is 208 g/mol. The van der Waals surface area contributed by atoms with Gasteiger partial charge in [0.25, 0.3) is 0 Å². The second-order valence-electron chi connectivity index (χ2n) is 3.90. The maximum atomic E-state index is 6.18. The highest BCUT2D eigenvalue weighted by Crippen LogP contribution is 2.28. The highest BCUT2D eigenvalue weighted by atomic mass is 35.5. The Balaban J connectivity index is 3.04. The van der Waals surface area contributed by atoms with Crippen molar-refractivity contribution in [3.63, 3.8) is 0 Å². The van der Waals surface area contributed by atoms with E-state index in [0.29, 0.717) is 0 Å². The van der Waals surface area contributed by atoms with Gasteiger partial charge in [-0.3, -0.25) is 4.90 Å². The Morgan fingerprint density at radius 1 is 1.40 bits per heavy atom. The molecule has 0 heterocycles. The van der Waals surface area contributed by atoms with E-state index in [9.17, 15) is 0 Å². The van der Waals surface area contributed by atoms with Crippen LogP contribution in [0, 0.1) is 0 Å². The minimum atomic E-state index is 0.0647. The Kier molecular flexibility index (Phi) is 4.58. The summed E-state index contributed by atoms with van der Waals surface area (Å²) in [5, 5.41) is 0.792. The molecule has 2 unspecified atom stereocenters. The molecule has 1 rings (SSSR count). The summed E-state index contributed by atoms with van der Waals surface area (Å²) in [6, 6.07) is 8.15. The molecule has 2 N–H and O–H groups in total. The molecule has 84 valence electrons. The second-order valence-corrected chi connectivity index (χ2v) is 4.31. The molecule has 0 aliphatic heterocycles. The fraction of sp³-hybridized carbons (Fsp3) is 0.500. The SMILES string of the molecule is CCN(C)C(c1ccccc1Cl)C(C)N. The van der Waals surface area contributed by atoms with Gasteiger partial charge in [-0.25, -0.2) is 0 Å². The maximum absolute atomic E-state index is 6.18. The number of halogens is 1. The van der Waals surface area contributed by atoms with E-state index in [-0.39, 0.29) is 12.1 Å². The van der Waals surface area contributed by atoms with Gasteiger partial charge in [-0.2, -0.15) is 0 Å². The zero-order valence-corrected chi connectivity index (χ0v) is 10.3. The number of hydrogen-bond acceptors (Lipinski definition) is 2. The number of benzene rings is 1. The lowest BCUT2D eigenvalue weighted by Gasteiger charge is -2.31. The summed E-state index contributed by atoms with van der Waals surface area (Å²) in [6.45, 7) is 5.09. The third kappa shape index (κ3) is 2.94. The van der Waals surface area contributed by atoms with Crippen molar-refractivity contribution in [2.24, 2.45) is 5.73 Å². The number of hydrogen-bond donors (Lipinski definition) is 1. The molecule has 0 aliphatic carbocycles. The van der Waals surface area contributed by atoms with Crippen LogP contribution in [-0.4, -0.2) is 24.5 Å². The molecule has 0 fully saturated rings. The van der Waals surface area contributed by atoms with Crippen LogP contribution in [0.2, 0.25) is 5.02 Å². The Labute approximate surface area is 97.0 Å². The van der Waals surface area contributed by atoms with Gasteiger partial charge >= 0.3 is 0 Å². The van der Waals surface area contributed by atoms with E-state index >= 15 is 0 Å². The number of likely N-dealkylation sites (N-methyl/N-ethyl adjacent to an activating group) is 1. The van der Waals surface area contributed by atoms with Crippen molar-refractivity contribution >= 4 is 11.6 Å². The highest BCUT2D eigenvalue weighted by molar-refractivity contribution is 6.31. The fourth-order valence-corrected chi connectivity index (χ4v) is 2.08. The molecule has 0 saturated heterocycles. The van der Waals surface area contributed by atoms with Gasteiger partial charge in [0.05, 0.1) is 6.04 Å². The van der Waals surface area contributed by atoms with Crippen LogP contribution in [-0.2, 0) is 0 Å². The smallest absolute Gasteiger partial charge is 0.0508 e. The minimum absolute atomic E-state index is 0.0647. The van der Waals surface area contributed by atoms with Crippen molar-refractivity contribution in [3.8, 4) is 0 Å². The van der Waals surface area contributed by atoms with Crippen LogP contribution in [0.4, 0.5) is 0 Å². The zero-order valence-electron chi connectivity index (χ0n) is 9.57. The first-order chi connectivity index (χ1) is 7.07. The molecule has 0 aromatic heterocycles. The van der Waals surface area contributed by atoms with Gasteiger partial charge in [0.2, 0.25) is 0 Å². The zero-order chi connectivity index (χ0) is 11.4. The second kappa shape index (κ2) is 5.50. The summed E-state index contributed by atoms with van der Waals surface area (Å²) in [5.41, 5.74) is 7.12. The Bertz CT molecular complexity index is 312. The van der Waals surface area contributed by atoms with E-state index in [1.807, 2.05) is 31.2 Å². The predicted octanol–water partition coefficient (Wildman–Crippen LogP) is 2.68. The summed E-state index contributed by atoms with van der Waals surface area (Å²) < 4.78 is 0. The summed E-state index contributed by atoms with van der Waals surface area (Å²) in [7, 11) is 2.07. The van der Waals surface area contributed by atoms with Gasteiger partial charge in [0.1, 0.15) is 0 Å². The van der Waals surface area contributed by atoms with Crippen LogP contribution in [0.1, 0.15) is 25.5 Å². The first-order valence-corrected chi connectivity index (χ1v) is 5.66. The van der Waals surface area contributed by atoms with Crippen molar-refractivity contribution in [1.82, 2.24) is 4.90 Å². The third-order valence-corrected chi connectivity index (χ3v) is 3.04. The Morgan fingerprint density at radius 2 is 2.00 bits per heavy atom. The van der Waals surface area contributed by atoms with Crippen molar-refractivity contribution in [2.45, 2.75) is 25.9 Å². The molecule has 0 aliphatic rings. The number of rotatable bonds is 4. The summed E-state index contributed by atoms with van der Waals surface area (Å²) in [4.78, 5) is 2.21. The van der Waals surface area contributed by atoms with Gasteiger partial charge in [0, 0.05) is 11.1 Å². The first kappa shape index (κ1) is 12.5. The Morgan fingerprint density at radius 3 is 2.47 bits per heavy atom. The van der Waals surface area contributed by atoms with Gasteiger partial charge in [-0.1, -0.05) is 36.7 Å². The highest BCUT2D eigenvalue weighted by Gasteiger charge is 2.21. The van der Waals surface area contributed by atoms with Crippen LogP contribution in [0.3, 0.4) is 0 Å². The topological polar surface area (TPSA) is 29.3 Å². The quantitative estimate of drug-likeness (QED) is 0.856. The van der Waals surface area contributed by atoms with Gasteiger partial charge in [0.15, 0.2) is 0 Å². The molecule has 2 atom stereocenters. The molecule has 2 nitrogen and oxygen atoms in total. The largest absolute Gasteiger partial charge is 0.326 e. The molecule has 15 heavy (non-hydrogen) atoms. The lowest BCUT2D eigenvalue weighted by atomic mass is 9.99. The minimum Gasteiger partial charge on any atom is -0.326 e. The third-order valence-electron chi connectivity index (χ3n) is 2.70. The van der Waals surface area contributed by atoms with Crippen LogP contribution in [0.15, 0.2) is 24.3 Å². The van der Waals surface area contributed by atoms with Crippen LogP contribution >= 0.6 is 11.6 Å². The number of nitrogens with two attached hydrogens (primary N) is 1. The summed E-state index contributed by atoms with van der Waals surface area (Å²) in [6.07, 6.45) is 0. The maximum Gasteiger partial charge on any atom is 0.0508 e. The van der Waals surface area contributed by atoms with E-state index in [2.05, 4.69) is 18.9 Å².